The quantitative estimate of drug-likeness (QED) is 0.615. The smallest absolute Gasteiger partial charge is 0.433 e. The van der Waals surface area contributed by atoms with Gasteiger partial charge in [0.1, 0.15) is 23.0 Å². The number of amides is 1. The number of methoxy groups -OCH3 is 1. The monoisotopic (exact) mass is 450 g/mol. The predicted molar refractivity (Wildman–Crippen MR) is 114 cm³/mol. The first-order valence-electron chi connectivity index (χ1n) is 9.75. The van der Waals surface area contributed by atoms with E-state index < -0.39 is 17.8 Å². The van der Waals surface area contributed by atoms with Crippen LogP contribution < -0.4 is 10.1 Å². The normalized spacial score (nSPS) is 15.3. The van der Waals surface area contributed by atoms with Crippen LogP contribution in [0, 0.1) is 0 Å². The number of halogens is 3. The van der Waals surface area contributed by atoms with Crippen LogP contribution in [-0.4, -0.2) is 39.1 Å². The minimum Gasteiger partial charge on any atom is -0.494 e. The van der Waals surface area contributed by atoms with E-state index in [4.69, 9.17) is 9.72 Å². The molecule has 10 heteroatoms. The second-order valence-electron chi connectivity index (χ2n) is 7.32. The van der Waals surface area contributed by atoms with Crippen LogP contribution in [0.2, 0.25) is 0 Å². The molecule has 4 rings (SSSR count). The molecule has 0 saturated carbocycles. The van der Waals surface area contributed by atoms with Crippen molar-refractivity contribution < 1.29 is 22.7 Å². The summed E-state index contributed by atoms with van der Waals surface area (Å²) in [7, 11) is 3.39. The van der Waals surface area contributed by atoms with Crippen LogP contribution in [0.15, 0.2) is 30.3 Å². The van der Waals surface area contributed by atoms with E-state index in [1.807, 2.05) is 23.4 Å². The standard InChI is InChI=1S/C21H21F3N4O2S/c1-28-16-10-15(27-20(29)13-4-3-5-18(25-13)21(22,23)24)17(30-2)11-14(16)26-19(28)12-6-8-31-9-7-12/h3-5,10-12H,6-9H2,1-2H3,(H,27,29). The van der Waals surface area contributed by atoms with E-state index in [1.54, 1.807) is 12.1 Å². The molecule has 1 amide bonds. The van der Waals surface area contributed by atoms with Crippen molar-refractivity contribution in [3.05, 3.63) is 47.5 Å². The largest absolute Gasteiger partial charge is 0.494 e. The highest BCUT2D eigenvalue weighted by Crippen LogP contribution is 2.36. The number of hydrogen-bond donors (Lipinski definition) is 1. The summed E-state index contributed by atoms with van der Waals surface area (Å²) in [5, 5.41) is 2.63. The fraction of sp³-hybridized carbons (Fsp3) is 0.381. The van der Waals surface area contributed by atoms with Crippen molar-refractivity contribution in [2.24, 2.45) is 7.05 Å². The molecule has 0 unspecified atom stereocenters. The molecule has 1 N–H and O–H groups in total. The van der Waals surface area contributed by atoms with Gasteiger partial charge in [-0.2, -0.15) is 24.9 Å². The third kappa shape index (κ3) is 4.34. The molecule has 6 nitrogen and oxygen atoms in total. The van der Waals surface area contributed by atoms with Crippen LogP contribution >= 0.6 is 11.8 Å². The average molecular weight is 450 g/mol. The van der Waals surface area contributed by atoms with E-state index >= 15 is 0 Å². The topological polar surface area (TPSA) is 69.0 Å². The minimum absolute atomic E-state index is 0.331. The Morgan fingerprint density at radius 3 is 2.65 bits per heavy atom. The fourth-order valence-corrected chi connectivity index (χ4v) is 4.84. The molecule has 0 aliphatic carbocycles. The van der Waals surface area contributed by atoms with Crippen molar-refractivity contribution in [2.75, 3.05) is 23.9 Å². The zero-order valence-electron chi connectivity index (χ0n) is 17.0. The summed E-state index contributed by atoms with van der Waals surface area (Å²) >= 11 is 1.94. The summed E-state index contributed by atoms with van der Waals surface area (Å²) in [4.78, 5) is 20.8. The first-order chi connectivity index (χ1) is 14.8. The van der Waals surface area contributed by atoms with Crippen LogP contribution in [0.25, 0.3) is 11.0 Å². The van der Waals surface area contributed by atoms with Crippen molar-refractivity contribution in [2.45, 2.75) is 24.9 Å². The summed E-state index contributed by atoms with van der Waals surface area (Å²) in [6.45, 7) is 0. The summed E-state index contributed by atoms with van der Waals surface area (Å²) in [5.41, 5.74) is 0.434. The number of benzene rings is 1. The van der Waals surface area contributed by atoms with Crippen molar-refractivity contribution >= 4 is 34.4 Å². The number of alkyl halides is 3. The molecule has 0 bridgehead atoms. The van der Waals surface area contributed by atoms with Crippen LogP contribution in [0.3, 0.4) is 0 Å². The third-order valence-corrected chi connectivity index (χ3v) is 6.39. The molecule has 0 atom stereocenters. The highest BCUT2D eigenvalue weighted by molar-refractivity contribution is 7.99. The lowest BCUT2D eigenvalue weighted by Crippen LogP contribution is -2.17. The number of carbonyl (C=O) groups is 1. The van der Waals surface area contributed by atoms with Crippen molar-refractivity contribution in [3.8, 4) is 5.75 Å². The maximum Gasteiger partial charge on any atom is 0.433 e. The molecular formula is C21H21F3N4O2S. The van der Waals surface area contributed by atoms with E-state index in [1.165, 1.54) is 13.2 Å². The van der Waals surface area contributed by atoms with E-state index in [0.29, 0.717) is 17.4 Å². The molecule has 164 valence electrons. The number of aryl methyl sites for hydroxylation is 1. The number of nitrogens with one attached hydrogen (secondary N) is 1. The Morgan fingerprint density at radius 1 is 1.23 bits per heavy atom. The maximum atomic E-state index is 12.9. The number of rotatable bonds is 4. The van der Waals surface area contributed by atoms with Gasteiger partial charge in [0, 0.05) is 19.0 Å². The Morgan fingerprint density at radius 2 is 1.97 bits per heavy atom. The Bertz CT molecular complexity index is 1120. The van der Waals surface area contributed by atoms with Gasteiger partial charge in [0.25, 0.3) is 5.91 Å². The first kappa shape index (κ1) is 21.5. The number of ether oxygens (including phenoxy) is 1. The highest BCUT2D eigenvalue weighted by Gasteiger charge is 2.33. The Labute approximate surface area is 181 Å². The highest BCUT2D eigenvalue weighted by atomic mass is 32.2. The molecule has 2 aromatic heterocycles. The Kier molecular flexibility index (Phi) is 5.83. The van der Waals surface area contributed by atoms with Gasteiger partial charge in [-0.1, -0.05) is 6.07 Å². The van der Waals surface area contributed by atoms with Gasteiger partial charge in [0.05, 0.1) is 23.8 Å². The molecule has 3 heterocycles. The number of nitrogens with zero attached hydrogens (tertiary/aromatic N) is 3. The lowest BCUT2D eigenvalue weighted by Gasteiger charge is -2.20. The van der Waals surface area contributed by atoms with Gasteiger partial charge in [-0.15, -0.1) is 0 Å². The van der Waals surface area contributed by atoms with Gasteiger partial charge in [-0.05, 0) is 42.5 Å². The maximum absolute atomic E-state index is 12.9. The van der Waals surface area contributed by atoms with Crippen molar-refractivity contribution in [3.63, 3.8) is 0 Å². The molecule has 1 aliphatic rings. The molecular weight excluding hydrogens is 429 g/mol. The minimum atomic E-state index is -4.63. The van der Waals surface area contributed by atoms with Gasteiger partial charge in [0.2, 0.25) is 0 Å². The molecule has 0 radical (unpaired) electrons. The number of carbonyl (C=O) groups excluding carboxylic acids is 1. The molecule has 1 aliphatic heterocycles. The Balaban J connectivity index is 1.67. The zero-order chi connectivity index (χ0) is 22.2. The van der Waals surface area contributed by atoms with Gasteiger partial charge < -0.3 is 14.6 Å². The van der Waals surface area contributed by atoms with Crippen molar-refractivity contribution in [1.82, 2.24) is 14.5 Å². The molecule has 1 fully saturated rings. The third-order valence-electron chi connectivity index (χ3n) is 5.34. The number of fused-ring (bicyclic) bond motifs is 1. The summed E-state index contributed by atoms with van der Waals surface area (Å²) in [6, 6.07) is 6.67. The summed E-state index contributed by atoms with van der Waals surface area (Å²) in [6.07, 6.45) is -2.51. The SMILES string of the molecule is COc1cc2nc(C3CCSCC3)n(C)c2cc1NC(=O)c1cccc(C(F)(F)F)n1. The van der Waals surface area contributed by atoms with Gasteiger partial charge in [-0.25, -0.2) is 9.97 Å². The van der Waals surface area contributed by atoms with Crippen LogP contribution in [0.1, 0.15) is 40.8 Å². The zero-order valence-corrected chi connectivity index (χ0v) is 17.8. The molecule has 1 aromatic carbocycles. The number of imidazole rings is 1. The fourth-order valence-electron chi connectivity index (χ4n) is 3.73. The molecule has 3 aromatic rings. The second-order valence-corrected chi connectivity index (χ2v) is 8.54. The van der Waals surface area contributed by atoms with Crippen LogP contribution in [-0.2, 0) is 13.2 Å². The number of thioether (sulfide) groups is 1. The van der Waals surface area contributed by atoms with Crippen LogP contribution in [0.4, 0.5) is 18.9 Å². The summed E-state index contributed by atoms with van der Waals surface area (Å²) < 4.78 is 46.2. The van der Waals surface area contributed by atoms with Gasteiger partial charge in [-0.3, -0.25) is 4.79 Å². The van der Waals surface area contributed by atoms with E-state index in [2.05, 4.69) is 10.3 Å². The number of anilines is 1. The Hall–Kier alpha value is -2.75. The number of hydrogen-bond acceptors (Lipinski definition) is 5. The van der Waals surface area contributed by atoms with E-state index in [0.717, 1.165) is 53.3 Å². The molecule has 1 saturated heterocycles. The molecule has 31 heavy (non-hydrogen) atoms. The van der Waals surface area contributed by atoms with E-state index in [-0.39, 0.29) is 5.69 Å². The molecule has 0 spiro atoms. The number of aromatic nitrogens is 3. The first-order valence-corrected chi connectivity index (χ1v) is 10.9. The lowest BCUT2D eigenvalue weighted by molar-refractivity contribution is -0.141. The number of pyridine rings is 1. The second kappa shape index (κ2) is 8.41. The van der Waals surface area contributed by atoms with Crippen molar-refractivity contribution in [1.29, 1.82) is 0 Å². The van der Waals surface area contributed by atoms with E-state index in [9.17, 15) is 18.0 Å². The van der Waals surface area contributed by atoms with Crippen LogP contribution in [0.5, 0.6) is 5.75 Å². The van der Waals surface area contributed by atoms with Gasteiger partial charge >= 0.3 is 6.18 Å². The average Bonchev–Trinajstić information content (AvgIpc) is 3.09. The summed E-state index contributed by atoms with van der Waals surface area (Å²) in [5.74, 6) is 3.18. The van der Waals surface area contributed by atoms with Gasteiger partial charge in [0.15, 0.2) is 0 Å². The predicted octanol–water partition coefficient (Wildman–Crippen LogP) is 4.86. The lowest BCUT2D eigenvalue weighted by atomic mass is 10.0.